The minimum Gasteiger partial charge on any atom is -0.481 e. The van der Waals surface area contributed by atoms with Gasteiger partial charge in [0.1, 0.15) is 0 Å². The maximum Gasteiger partial charge on any atom is 0.313 e. The molecule has 0 saturated carbocycles. The number of fused-ring (bicyclic) bond motifs is 1. The van der Waals surface area contributed by atoms with E-state index in [-0.39, 0.29) is 11.3 Å². The molecule has 1 atom stereocenters. The van der Waals surface area contributed by atoms with Crippen molar-refractivity contribution in [3.8, 4) is 0 Å². The number of rotatable bonds is 10. The Morgan fingerprint density at radius 1 is 1.26 bits per heavy atom. The standard InChI is InChI=1S/C24H32N2O2S3/c1-4-6-12-24(5-2)17-26(19-10-8-7-9-11-19)20-14-21(29-3)18(13-22(20)31-25-24)15-30-16-23(27)28/h7-11,13-14,25H,4-6,12,15-17H2,1-3H3,(H,27,28). The number of anilines is 2. The monoisotopic (exact) mass is 476 g/mol. The minimum absolute atomic E-state index is 0.0350. The summed E-state index contributed by atoms with van der Waals surface area (Å²) in [6.07, 6.45) is 6.69. The Kier molecular flexibility index (Phi) is 9.07. The number of para-hydroxylation sites is 1. The van der Waals surface area contributed by atoms with E-state index in [2.05, 4.69) is 72.2 Å². The molecular formula is C24H32N2O2S3. The fourth-order valence-electron chi connectivity index (χ4n) is 3.86. The van der Waals surface area contributed by atoms with Gasteiger partial charge in [0.2, 0.25) is 0 Å². The lowest BCUT2D eigenvalue weighted by Gasteiger charge is -2.37. The molecule has 0 saturated heterocycles. The van der Waals surface area contributed by atoms with Gasteiger partial charge in [0.15, 0.2) is 0 Å². The number of carbonyl (C=O) groups is 1. The zero-order valence-electron chi connectivity index (χ0n) is 18.5. The Morgan fingerprint density at radius 2 is 2.03 bits per heavy atom. The van der Waals surface area contributed by atoms with Gasteiger partial charge in [-0.1, -0.05) is 44.9 Å². The third kappa shape index (κ3) is 6.15. The van der Waals surface area contributed by atoms with Crippen LogP contribution in [0.3, 0.4) is 0 Å². The van der Waals surface area contributed by atoms with E-state index in [1.807, 2.05) is 0 Å². The molecule has 0 radical (unpaired) electrons. The normalized spacial score (nSPS) is 18.5. The highest BCUT2D eigenvalue weighted by molar-refractivity contribution is 7.99. The van der Waals surface area contributed by atoms with Gasteiger partial charge < -0.3 is 10.0 Å². The Hall–Kier alpha value is -1.28. The van der Waals surface area contributed by atoms with Crippen LogP contribution < -0.4 is 9.62 Å². The van der Waals surface area contributed by atoms with E-state index < -0.39 is 5.97 Å². The summed E-state index contributed by atoms with van der Waals surface area (Å²) >= 11 is 4.93. The van der Waals surface area contributed by atoms with Crippen LogP contribution in [0, 0.1) is 0 Å². The molecule has 31 heavy (non-hydrogen) atoms. The summed E-state index contributed by atoms with van der Waals surface area (Å²) in [5.74, 6) is 0.0686. The van der Waals surface area contributed by atoms with Gasteiger partial charge in [-0.15, -0.1) is 23.5 Å². The highest BCUT2D eigenvalue weighted by Crippen LogP contribution is 2.44. The average molecular weight is 477 g/mol. The zero-order valence-corrected chi connectivity index (χ0v) is 21.0. The predicted octanol–water partition coefficient (Wildman–Crippen LogP) is 6.81. The average Bonchev–Trinajstić information content (AvgIpc) is 2.95. The molecule has 0 aliphatic carbocycles. The molecule has 1 unspecified atom stereocenters. The smallest absolute Gasteiger partial charge is 0.313 e. The summed E-state index contributed by atoms with van der Waals surface area (Å²) in [6.45, 7) is 5.46. The lowest BCUT2D eigenvalue weighted by molar-refractivity contribution is -0.133. The van der Waals surface area contributed by atoms with Gasteiger partial charge in [-0.25, -0.2) is 0 Å². The summed E-state index contributed by atoms with van der Waals surface area (Å²) in [7, 11) is 0. The van der Waals surface area contributed by atoms with Crippen LogP contribution in [-0.4, -0.2) is 35.2 Å². The molecule has 7 heteroatoms. The number of benzene rings is 2. The van der Waals surface area contributed by atoms with Gasteiger partial charge in [0.05, 0.1) is 11.4 Å². The van der Waals surface area contributed by atoms with Gasteiger partial charge >= 0.3 is 5.97 Å². The van der Waals surface area contributed by atoms with Crippen molar-refractivity contribution < 1.29 is 9.90 Å². The number of aliphatic carboxylic acids is 1. The maximum atomic E-state index is 11.0. The Labute approximate surface area is 199 Å². The highest BCUT2D eigenvalue weighted by atomic mass is 32.2. The van der Waals surface area contributed by atoms with Crippen molar-refractivity contribution in [1.29, 1.82) is 0 Å². The van der Waals surface area contributed by atoms with Crippen molar-refractivity contribution >= 4 is 52.8 Å². The second kappa shape index (κ2) is 11.5. The molecule has 1 aliphatic heterocycles. The molecule has 0 spiro atoms. The molecule has 1 aliphatic rings. The van der Waals surface area contributed by atoms with Gasteiger partial charge in [0.25, 0.3) is 0 Å². The van der Waals surface area contributed by atoms with Crippen LogP contribution >= 0.6 is 35.5 Å². The lowest BCUT2D eigenvalue weighted by Crippen LogP contribution is -2.48. The number of nitrogens with zero attached hydrogens (tertiary/aromatic N) is 1. The molecule has 0 aromatic heterocycles. The van der Waals surface area contributed by atoms with Crippen molar-refractivity contribution in [3.05, 3.63) is 48.0 Å². The number of nitrogens with one attached hydrogen (secondary N) is 1. The molecule has 1 heterocycles. The predicted molar refractivity (Wildman–Crippen MR) is 137 cm³/mol. The number of carboxylic acids is 1. The van der Waals surface area contributed by atoms with E-state index in [0.717, 1.165) is 19.4 Å². The van der Waals surface area contributed by atoms with Crippen LogP contribution in [0.25, 0.3) is 0 Å². The van der Waals surface area contributed by atoms with E-state index in [0.29, 0.717) is 5.75 Å². The molecule has 2 N–H and O–H groups in total. The van der Waals surface area contributed by atoms with E-state index >= 15 is 0 Å². The molecule has 2 aromatic rings. The Balaban J connectivity index is 2.03. The first kappa shape index (κ1) is 24.4. The first-order valence-corrected chi connectivity index (χ1v) is 14.0. The minimum atomic E-state index is -0.764. The summed E-state index contributed by atoms with van der Waals surface area (Å²) in [4.78, 5) is 15.9. The van der Waals surface area contributed by atoms with Crippen molar-refractivity contribution in [1.82, 2.24) is 4.72 Å². The molecule has 3 rings (SSSR count). The van der Waals surface area contributed by atoms with Crippen molar-refractivity contribution in [2.24, 2.45) is 0 Å². The quantitative estimate of drug-likeness (QED) is 0.288. The van der Waals surface area contributed by atoms with Crippen molar-refractivity contribution in [2.75, 3.05) is 23.5 Å². The highest BCUT2D eigenvalue weighted by Gasteiger charge is 2.35. The molecule has 168 valence electrons. The van der Waals surface area contributed by atoms with Gasteiger partial charge in [-0.05, 0) is 60.9 Å². The second-order valence-electron chi connectivity index (χ2n) is 7.88. The first-order valence-electron chi connectivity index (χ1n) is 10.8. The largest absolute Gasteiger partial charge is 0.481 e. The molecule has 0 bridgehead atoms. The van der Waals surface area contributed by atoms with Crippen LogP contribution in [0.5, 0.6) is 0 Å². The van der Waals surface area contributed by atoms with Crippen LogP contribution in [0.4, 0.5) is 11.4 Å². The third-order valence-corrected chi connectivity index (χ3v) is 8.60. The van der Waals surface area contributed by atoms with Crippen molar-refractivity contribution in [3.63, 3.8) is 0 Å². The SMILES string of the molecule is CCCCC1(CC)CN(c2ccccc2)c2cc(SC)c(CSCC(=O)O)cc2SN1. The Morgan fingerprint density at radius 3 is 2.68 bits per heavy atom. The molecule has 0 amide bonds. The second-order valence-corrected chi connectivity index (χ2v) is 10.6. The van der Waals surface area contributed by atoms with Crippen molar-refractivity contribution in [2.45, 2.75) is 60.6 Å². The number of carboxylic acid groups (broad SMARTS) is 1. The maximum absolute atomic E-state index is 11.0. The fraction of sp³-hybridized carbons (Fsp3) is 0.458. The number of hydrogen-bond acceptors (Lipinski definition) is 6. The molecule has 2 aromatic carbocycles. The third-order valence-electron chi connectivity index (χ3n) is 5.73. The van der Waals surface area contributed by atoms with Crippen LogP contribution in [0.15, 0.2) is 52.3 Å². The van der Waals surface area contributed by atoms with Crippen LogP contribution in [-0.2, 0) is 10.5 Å². The van der Waals surface area contributed by atoms with Gasteiger partial charge in [-0.3, -0.25) is 9.52 Å². The summed E-state index contributed by atoms with van der Waals surface area (Å²) < 4.78 is 3.84. The topological polar surface area (TPSA) is 52.6 Å². The number of unbranched alkanes of at least 4 members (excludes halogenated alkanes) is 1. The summed E-state index contributed by atoms with van der Waals surface area (Å²) in [6, 6.07) is 15.2. The molecule has 4 nitrogen and oxygen atoms in total. The summed E-state index contributed by atoms with van der Waals surface area (Å²) in [5.41, 5.74) is 3.68. The van der Waals surface area contributed by atoms with Crippen LogP contribution in [0.2, 0.25) is 0 Å². The first-order chi connectivity index (χ1) is 15.0. The molecular weight excluding hydrogens is 444 g/mol. The number of hydrogen-bond donors (Lipinski definition) is 2. The number of thioether (sulfide) groups is 2. The molecule has 0 fully saturated rings. The van der Waals surface area contributed by atoms with E-state index in [1.54, 1.807) is 23.7 Å². The Bertz CT molecular complexity index is 879. The van der Waals surface area contributed by atoms with Gasteiger partial charge in [-0.2, -0.15) is 0 Å². The zero-order chi connectivity index (χ0) is 22.3. The van der Waals surface area contributed by atoms with Gasteiger partial charge in [0, 0.05) is 33.3 Å². The van der Waals surface area contributed by atoms with Crippen LogP contribution in [0.1, 0.15) is 45.1 Å². The summed E-state index contributed by atoms with van der Waals surface area (Å²) in [5, 5.41) is 9.02. The van der Waals surface area contributed by atoms with E-state index in [9.17, 15) is 4.79 Å². The van der Waals surface area contributed by atoms with E-state index in [1.165, 1.54) is 51.3 Å². The lowest BCUT2D eigenvalue weighted by atomic mass is 9.89. The van der Waals surface area contributed by atoms with E-state index in [4.69, 9.17) is 5.11 Å². The fourth-order valence-corrected chi connectivity index (χ4v) is 6.42.